The van der Waals surface area contributed by atoms with Crippen molar-refractivity contribution in [3.63, 3.8) is 0 Å². The maximum atomic E-state index is 5.07. The van der Waals surface area contributed by atoms with Crippen molar-refractivity contribution >= 4 is 23.3 Å². The Morgan fingerprint density at radius 3 is 2.64 bits per heavy atom. The minimum absolute atomic E-state index is 1.10. The monoisotopic (exact) mass is 308 g/mol. The van der Waals surface area contributed by atoms with Crippen molar-refractivity contribution in [2.75, 3.05) is 13.1 Å². The van der Waals surface area contributed by atoms with Gasteiger partial charge in [0.2, 0.25) is 0 Å². The van der Waals surface area contributed by atoms with Gasteiger partial charge < -0.3 is 4.90 Å². The molecule has 22 heavy (non-hydrogen) atoms. The Hall–Kier alpha value is -1.74. The van der Waals surface area contributed by atoms with Gasteiger partial charge in [0, 0.05) is 28.4 Å². The molecule has 0 bridgehead atoms. The molecule has 2 nitrogen and oxygen atoms in total. The number of para-hydroxylation sites is 1. The number of aryl methyl sites for hydroxylation is 1. The molecular formula is C19H20N2S. The van der Waals surface area contributed by atoms with Gasteiger partial charge in [0.1, 0.15) is 5.84 Å². The molecule has 0 aliphatic carbocycles. The van der Waals surface area contributed by atoms with Gasteiger partial charge in [-0.15, -0.1) is 0 Å². The number of aliphatic imine (C=N–C) groups is 1. The highest BCUT2D eigenvalue weighted by Gasteiger charge is 2.23. The van der Waals surface area contributed by atoms with Gasteiger partial charge in [-0.2, -0.15) is 0 Å². The van der Waals surface area contributed by atoms with E-state index in [2.05, 4.69) is 54.3 Å². The lowest BCUT2D eigenvalue weighted by Gasteiger charge is -2.30. The van der Waals surface area contributed by atoms with Gasteiger partial charge in [-0.25, -0.2) is 4.99 Å². The molecule has 1 fully saturated rings. The van der Waals surface area contributed by atoms with E-state index in [1.165, 1.54) is 40.2 Å². The van der Waals surface area contributed by atoms with Crippen molar-refractivity contribution in [2.24, 2.45) is 4.99 Å². The van der Waals surface area contributed by atoms with Gasteiger partial charge in [0.05, 0.1) is 5.69 Å². The average molecular weight is 308 g/mol. The maximum Gasteiger partial charge on any atom is 0.137 e. The molecule has 0 atom stereocenters. The number of nitrogens with zero attached hydrogens (tertiary/aromatic N) is 2. The van der Waals surface area contributed by atoms with Crippen LogP contribution in [0.15, 0.2) is 57.2 Å². The van der Waals surface area contributed by atoms with Crippen molar-refractivity contribution in [3.8, 4) is 0 Å². The van der Waals surface area contributed by atoms with E-state index in [9.17, 15) is 0 Å². The summed E-state index contributed by atoms with van der Waals surface area (Å²) in [4.78, 5) is 10.1. The summed E-state index contributed by atoms with van der Waals surface area (Å²) in [5.41, 5.74) is 3.69. The first kappa shape index (κ1) is 13.9. The van der Waals surface area contributed by atoms with Crippen LogP contribution >= 0.6 is 11.8 Å². The molecule has 2 aliphatic heterocycles. The zero-order chi connectivity index (χ0) is 14.9. The van der Waals surface area contributed by atoms with Crippen molar-refractivity contribution in [1.29, 1.82) is 0 Å². The fourth-order valence-electron chi connectivity index (χ4n) is 3.18. The van der Waals surface area contributed by atoms with E-state index in [1.54, 1.807) is 0 Å². The summed E-state index contributed by atoms with van der Waals surface area (Å²) in [5, 5.41) is 0. The first-order valence-corrected chi connectivity index (χ1v) is 8.84. The van der Waals surface area contributed by atoms with Crippen LogP contribution in [0, 0.1) is 6.92 Å². The fraction of sp³-hybridized carbons (Fsp3) is 0.316. The van der Waals surface area contributed by atoms with Crippen LogP contribution in [0.4, 0.5) is 5.69 Å². The third-order valence-electron chi connectivity index (χ3n) is 4.34. The summed E-state index contributed by atoms with van der Waals surface area (Å²) in [6, 6.07) is 15.2. The first-order valence-electron chi connectivity index (χ1n) is 8.03. The number of benzene rings is 2. The molecule has 112 valence electrons. The number of rotatable bonds is 0. The minimum atomic E-state index is 1.10. The van der Waals surface area contributed by atoms with Crippen LogP contribution in [-0.2, 0) is 0 Å². The Kier molecular flexibility index (Phi) is 3.67. The molecule has 3 heteroatoms. The molecule has 0 aromatic heterocycles. The molecule has 2 heterocycles. The zero-order valence-corrected chi connectivity index (χ0v) is 13.7. The summed E-state index contributed by atoms with van der Waals surface area (Å²) in [7, 11) is 0. The average Bonchev–Trinajstić information content (AvgIpc) is 2.72. The number of fused-ring (bicyclic) bond motifs is 2. The molecule has 0 radical (unpaired) electrons. The predicted octanol–water partition coefficient (Wildman–Crippen LogP) is 5.02. The number of likely N-dealkylation sites (tertiary alicyclic amines) is 1. The highest BCUT2D eigenvalue weighted by Crippen LogP contribution is 2.41. The SMILES string of the molecule is Cc1ccc2c(c1)C(N1CCCCC1)=Nc1ccccc1S2. The lowest BCUT2D eigenvalue weighted by Crippen LogP contribution is -2.36. The van der Waals surface area contributed by atoms with E-state index < -0.39 is 0 Å². The second-order valence-corrected chi connectivity index (χ2v) is 7.14. The fourth-order valence-corrected chi connectivity index (χ4v) is 4.18. The number of hydrogen-bond donors (Lipinski definition) is 0. The van der Waals surface area contributed by atoms with E-state index in [4.69, 9.17) is 4.99 Å². The molecule has 0 unspecified atom stereocenters. The van der Waals surface area contributed by atoms with E-state index in [-0.39, 0.29) is 0 Å². The molecule has 2 aromatic rings. The topological polar surface area (TPSA) is 15.6 Å². The Labute approximate surface area is 136 Å². The lowest BCUT2D eigenvalue weighted by molar-refractivity contribution is 0.342. The summed E-state index contributed by atoms with van der Waals surface area (Å²) < 4.78 is 0. The standard InChI is InChI=1S/C19H20N2S/c1-14-9-10-17-15(13-14)19(21-11-5-2-6-12-21)20-16-7-3-4-8-18(16)22-17/h3-4,7-10,13H,2,5-6,11-12H2,1H3. The Morgan fingerprint density at radius 1 is 0.955 bits per heavy atom. The summed E-state index contributed by atoms with van der Waals surface area (Å²) >= 11 is 1.84. The lowest BCUT2D eigenvalue weighted by atomic mass is 10.1. The van der Waals surface area contributed by atoms with Gasteiger partial charge in [-0.3, -0.25) is 0 Å². The van der Waals surface area contributed by atoms with Crippen LogP contribution in [0.25, 0.3) is 0 Å². The van der Waals surface area contributed by atoms with E-state index in [0.29, 0.717) is 0 Å². The van der Waals surface area contributed by atoms with Gasteiger partial charge in [-0.05, 0) is 50.5 Å². The van der Waals surface area contributed by atoms with Crippen LogP contribution in [0.5, 0.6) is 0 Å². The normalized spacial score (nSPS) is 17.3. The predicted molar refractivity (Wildman–Crippen MR) is 93.4 cm³/mol. The molecule has 1 saturated heterocycles. The van der Waals surface area contributed by atoms with Crippen molar-refractivity contribution in [3.05, 3.63) is 53.6 Å². The van der Waals surface area contributed by atoms with Gasteiger partial charge in [-0.1, -0.05) is 35.5 Å². The van der Waals surface area contributed by atoms with Crippen LogP contribution in [0.3, 0.4) is 0 Å². The van der Waals surface area contributed by atoms with E-state index in [1.807, 2.05) is 11.8 Å². The molecule has 0 saturated carbocycles. The quantitative estimate of drug-likeness (QED) is 0.679. The summed E-state index contributed by atoms with van der Waals surface area (Å²) in [6.45, 7) is 4.41. The van der Waals surface area contributed by atoms with Gasteiger partial charge in [0.15, 0.2) is 0 Å². The Balaban J connectivity index is 1.88. The van der Waals surface area contributed by atoms with Crippen LogP contribution in [-0.4, -0.2) is 23.8 Å². The van der Waals surface area contributed by atoms with Crippen LogP contribution in [0.2, 0.25) is 0 Å². The molecule has 0 N–H and O–H groups in total. The first-order chi connectivity index (χ1) is 10.8. The van der Waals surface area contributed by atoms with E-state index in [0.717, 1.165) is 24.6 Å². The number of piperidine rings is 1. The third kappa shape index (κ3) is 2.54. The molecule has 4 rings (SSSR count). The van der Waals surface area contributed by atoms with Crippen LogP contribution in [0.1, 0.15) is 30.4 Å². The summed E-state index contributed by atoms with van der Waals surface area (Å²) in [5.74, 6) is 1.16. The van der Waals surface area contributed by atoms with Crippen molar-refractivity contribution in [1.82, 2.24) is 4.90 Å². The van der Waals surface area contributed by atoms with Crippen molar-refractivity contribution in [2.45, 2.75) is 36.0 Å². The number of hydrogen-bond acceptors (Lipinski definition) is 3. The van der Waals surface area contributed by atoms with Crippen LogP contribution < -0.4 is 0 Å². The largest absolute Gasteiger partial charge is 0.356 e. The highest BCUT2D eigenvalue weighted by molar-refractivity contribution is 7.99. The second kappa shape index (κ2) is 5.81. The maximum absolute atomic E-state index is 5.07. The Bertz CT molecular complexity index is 730. The highest BCUT2D eigenvalue weighted by atomic mass is 32.2. The molecule has 0 spiro atoms. The minimum Gasteiger partial charge on any atom is -0.356 e. The van der Waals surface area contributed by atoms with Crippen molar-refractivity contribution < 1.29 is 0 Å². The zero-order valence-electron chi connectivity index (χ0n) is 12.9. The van der Waals surface area contributed by atoms with E-state index >= 15 is 0 Å². The number of amidine groups is 1. The summed E-state index contributed by atoms with van der Waals surface area (Å²) in [6.07, 6.45) is 3.89. The molecule has 2 aromatic carbocycles. The Morgan fingerprint density at radius 2 is 1.77 bits per heavy atom. The second-order valence-electron chi connectivity index (χ2n) is 6.05. The van der Waals surface area contributed by atoms with Gasteiger partial charge in [0.25, 0.3) is 0 Å². The molecular weight excluding hydrogens is 288 g/mol. The molecule has 2 aliphatic rings. The molecule has 0 amide bonds. The van der Waals surface area contributed by atoms with Gasteiger partial charge >= 0.3 is 0 Å². The smallest absolute Gasteiger partial charge is 0.137 e. The third-order valence-corrected chi connectivity index (χ3v) is 5.48.